The van der Waals surface area contributed by atoms with Gasteiger partial charge in [-0.3, -0.25) is 9.59 Å². The molecule has 15 heavy (non-hydrogen) atoms. The van der Waals surface area contributed by atoms with Crippen molar-refractivity contribution in [1.82, 2.24) is 5.32 Å². The van der Waals surface area contributed by atoms with Crippen molar-refractivity contribution in [2.75, 3.05) is 13.2 Å². The van der Waals surface area contributed by atoms with Gasteiger partial charge >= 0.3 is 0 Å². The number of hydrogen-bond acceptors (Lipinski definition) is 3. The number of nitrogens with one attached hydrogen (secondary N) is 1. The molecule has 0 fully saturated rings. The second-order valence-electron chi connectivity index (χ2n) is 3.07. The predicted molar refractivity (Wildman–Crippen MR) is 55.5 cm³/mol. The quantitative estimate of drug-likeness (QED) is 0.733. The molecule has 0 aliphatic carbocycles. The number of aliphatic hydroxyl groups excluding tert-OH is 1. The molecule has 4 nitrogen and oxygen atoms in total. The Morgan fingerprint density at radius 3 is 2.47 bits per heavy atom. The molecule has 0 saturated carbocycles. The van der Waals surface area contributed by atoms with E-state index in [1.165, 1.54) is 0 Å². The van der Waals surface area contributed by atoms with Crippen LogP contribution in [0, 0.1) is 0 Å². The summed E-state index contributed by atoms with van der Waals surface area (Å²) in [7, 11) is 0. The average molecular weight is 207 g/mol. The first-order valence-electron chi connectivity index (χ1n) is 4.70. The van der Waals surface area contributed by atoms with E-state index in [1.54, 1.807) is 24.3 Å². The molecule has 0 spiro atoms. The number of hydrogen-bond donors (Lipinski definition) is 2. The minimum atomic E-state index is -0.471. The van der Waals surface area contributed by atoms with Crippen molar-refractivity contribution in [2.45, 2.75) is 6.42 Å². The van der Waals surface area contributed by atoms with Crippen LogP contribution in [0.25, 0.3) is 0 Å². The van der Waals surface area contributed by atoms with Crippen LogP contribution in [0.5, 0.6) is 0 Å². The first-order valence-corrected chi connectivity index (χ1v) is 4.70. The SMILES string of the molecule is O=C(CO)CCNC(=O)c1ccccc1. The predicted octanol–water partition coefficient (Wildman–Crippen LogP) is 0.368. The lowest BCUT2D eigenvalue weighted by Gasteiger charge is -2.03. The first-order chi connectivity index (χ1) is 7.24. The molecule has 80 valence electrons. The Morgan fingerprint density at radius 2 is 1.87 bits per heavy atom. The van der Waals surface area contributed by atoms with Gasteiger partial charge in [0.25, 0.3) is 5.91 Å². The van der Waals surface area contributed by atoms with Gasteiger partial charge in [-0.2, -0.15) is 0 Å². The standard InChI is InChI=1S/C11H13NO3/c13-8-10(14)6-7-12-11(15)9-4-2-1-3-5-9/h1-5,13H,6-8H2,(H,12,15). The maximum Gasteiger partial charge on any atom is 0.251 e. The van der Waals surface area contributed by atoms with Crippen molar-refractivity contribution in [3.63, 3.8) is 0 Å². The Bertz CT molecular complexity index is 335. The number of Topliss-reactive ketones (excluding diaryl/α,β-unsaturated/α-hetero) is 1. The molecular formula is C11H13NO3. The van der Waals surface area contributed by atoms with Crippen molar-refractivity contribution in [3.05, 3.63) is 35.9 Å². The van der Waals surface area contributed by atoms with Crippen molar-refractivity contribution in [1.29, 1.82) is 0 Å². The third-order valence-corrected chi connectivity index (χ3v) is 1.90. The molecule has 1 rings (SSSR count). The fourth-order valence-electron chi connectivity index (χ4n) is 1.09. The number of ketones is 1. The third kappa shape index (κ3) is 3.91. The largest absolute Gasteiger partial charge is 0.389 e. The number of aliphatic hydroxyl groups is 1. The molecule has 0 radical (unpaired) electrons. The highest BCUT2D eigenvalue weighted by Gasteiger charge is 2.04. The van der Waals surface area contributed by atoms with Crippen LogP contribution in [-0.4, -0.2) is 29.9 Å². The van der Waals surface area contributed by atoms with E-state index in [4.69, 9.17) is 5.11 Å². The fraction of sp³-hybridized carbons (Fsp3) is 0.273. The van der Waals surface area contributed by atoms with Crippen LogP contribution in [0.3, 0.4) is 0 Å². The maximum absolute atomic E-state index is 11.4. The molecule has 1 amide bonds. The lowest BCUT2D eigenvalue weighted by Crippen LogP contribution is -2.26. The first kappa shape index (κ1) is 11.4. The van der Waals surface area contributed by atoms with E-state index >= 15 is 0 Å². The van der Waals surface area contributed by atoms with Gasteiger partial charge in [-0.1, -0.05) is 18.2 Å². The molecule has 2 N–H and O–H groups in total. The number of carbonyl (C=O) groups excluding carboxylic acids is 2. The minimum Gasteiger partial charge on any atom is -0.389 e. The summed E-state index contributed by atoms with van der Waals surface area (Å²) < 4.78 is 0. The molecular weight excluding hydrogens is 194 g/mol. The number of amides is 1. The average Bonchev–Trinajstić information content (AvgIpc) is 2.29. The molecule has 0 saturated heterocycles. The Morgan fingerprint density at radius 1 is 1.20 bits per heavy atom. The van der Waals surface area contributed by atoms with E-state index in [0.29, 0.717) is 5.56 Å². The zero-order chi connectivity index (χ0) is 11.1. The van der Waals surface area contributed by atoms with Crippen LogP contribution in [0.4, 0.5) is 0 Å². The molecule has 0 heterocycles. The summed E-state index contributed by atoms with van der Waals surface area (Å²) in [6.07, 6.45) is 0.162. The van der Waals surface area contributed by atoms with Crippen molar-refractivity contribution < 1.29 is 14.7 Å². The minimum absolute atomic E-state index is 0.162. The van der Waals surface area contributed by atoms with Crippen LogP contribution >= 0.6 is 0 Å². The summed E-state index contributed by atoms with van der Waals surface area (Å²) >= 11 is 0. The van der Waals surface area contributed by atoms with Crippen LogP contribution < -0.4 is 5.32 Å². The molecule has 0 aromatic heterocycles. The lowest BCUT2D eigenvalue weighted by atomic mass is 10.2. The highest BCUT2D eigenvalue weighted by atomic mass is 16.3. The molecule has 4 heteroatoms. The fourth-order valence-corrected chi connectivity index (χ4v) is 1.09. The lowest BCUT2D eigenvalue weighted by molar-refractivity contribution is -0.121. The van der Waals surface area contributed by atoms with Gasteiger partial charge in [-0.05, 0) is 12.1 Å². The van der Waals surface area contributed by atoms with E-state index in [1.807, 2.05) is 6.07 Å². The third-order valence-electron chi connectivity index (χ3n) is 1.90. The topological polar surface area (TPSA) is 66.4 Å². The van der Waals surface area contributed by atoms with Gasteiger partial charge in [0.1, 0.15) is 6.61 Å². The molecule has 0 atom stereocenters. The van der Waals surface area contributed by atoms with Crippen molar-refractivity contribution in [2.24, 2.45) is 0 Å². The monoisotopic (exact) mass is 207 g/mol. The van der Waals surface area contributed by atoms with Gasteiger partial charge in [0.05, 0.1) is 0 Å². The van der Waals surface area contributed by atoms with Gasteiger partial charge in [0.2, 0.25) is 0 Å². The van der Waals surface area contributed by atoms with E-state index in [2.05, 4.69) is 5.32 Å². The number of benzene rings is 1. The van der Waals surface area contributed by atoms with E-state index in [-0.39, 0.29) is 24.7 Å². The van der Waals surface area contributed by atoms with Crippen molar-refractivity contribution >= 4 is 11.7 Å². The molecule has 1 aromatic rings. The Balaban J connectivity index is 2.34. The Labute approximate surface area is 87.9 Å². The summed E-state index contributed by atoms with van der Waals surface area (Å²) in [5, 5.41) is 11.0. The Kier molecular flexibility index (Phi) is 4.50. The van der Waals surface area contributed by atoms with E-state index in [0.717, 1.165) is 0 Å². The summed E-state index contributed by atoms with van der Waals surface area (Å²) in [5.41, 5.74) is 0.564. The smallest absolute Gasteiger partial charge is 0.251 e. The van der Waals surface area contributed by atoms with Crippen LogP contribution in [0.2, 0.25) is 0 Å². The van der Waals surface area contributed by atoms with Gasteiger partial charge in [0.15, 0.2) is 5.78 Å². The highest BCUT2D eigenvalue weighted by Crippen LogP contribution is 1.97. The van der Waals surface area contributed by atoms with E-state index in [9.17, 15) is 9.59 Å². The summed E-state index contributed by atoms with van der Waals surface area (Å²) in [6.45, 7) is -0.214. The van der Waals surface area contributed by atoms with Gasteiger partial charge < -0.3 is 10.4 Å². The molecule has 0 aliphatic heterocycles. The molecule has 0 unspecified atom stereocenters. The van der Waals surface area contributed by atoms with Gasteiger partial charge in [-0.15, -0.1) is 0 Å². The van der Waals surface area contributed by atoms with Crippen molar-refractivity contribution in [3.8, 4) is 0 Å². The van der Waals surface area contributed by atoms with Crippen LogP contribution in [0.1, 0.15) is 16.8 Å². The summed E-state index contributed by atoms with van der Waals surface area (Å²) in [4.78, 5) is 22.2. The molecule has 0 aliphatic rings. The van der Waals surface area contributed by atoms with Crippen LogP contribution in [0.15, 0.2) is 30.3 Å². The maximum atomic E-state index is 11.4. The highest BCUT2D eigenvalue weighted by molar-refractivity contribution is 5.94. The zero-order valence-corrected chi connectivity index (χ0v) is 8.27. The Hall–Kier alpha value is -1.68. The number of carbonyl (C=O) groups is 2. The molecule has 0 bridgehead atoms. The second-order valence-corrected chi connectivity index (χ2v) is 3.07. The van der Waals surface area contributed by atoms with E-state index < -0.39 is 6.61 Å². The normalized spacial score (nSPS) is 9.67. The summed E-state index contributed by atoms with van der Waals surface area (Å²) in [6, 6.07) is 8.76. The summed E-state index contributed by atoms with van der Waals surface area (Å²) in [5.74, 6) is -0.482. The van der Waals surface area contributed by atoms with Gasteiger partial charge in [-0.25, -0.2) is 0 Å². The zero-order valence-electron chi connectivity index (χ0n) is 8.27. The molecule has 1 aromatic carbocycles. The number of rotatable bonds is 5. The van der Waals surface area contributed by atoms with Gasteiger partial charge in [0, 0.05) is 18.5 Å². The second kappa shape index (κ2) is 5.93. The van der Waals surface area contributed by atoms with Crippen LogP contribution in [-0.2, 0) is 4.79 Å².